The highest BCUT2D eigenvalue weighted by Crippen LogP contribution is 2.42. The third-order valence-corrected chi connectivity index (χ3v) is 8.10. The van der Waals surface area contributed by atoms with E-state index in [1.807, 2.05) is 12.2 Å². The highest BCUT2D eigenvalue weighted by molar-refractivity contribution is 8.82. The molecular weight excluding hydrogens is 318 g/mol. The first-order valence-electron chi connectivity index (χ1n) is 5.02. The number of nitrogens with zero attached hydrogens (tertiary/aromatic N) is 1. The van der Waals surface area contributed by atoms with Gasteiger partial charge < -0.3 is 4.57 Å². The van der Waals surface area contributed by atoms with Crippen molar-refractivity contribution in [2.45, 2.75) is 6.42 Å². The zero-order valence-corrected chi connectivity index (χ0v) is 13.2. The average molecular weight is 332 g/mol. The molecule has 0 aromatic carbocycles. The summed E-state index contributed by atoms with van der Waals surface area (Å²) in [5, 5.41) is 3.97. The van der Waals surface area contributed by atoms with Gasteiger partial charge in [0.2, 0.25) is 0 Å². The Kier molecular flexibility index (Phi) is 8.05. The van der Waals surface area contributed by atoms with Crippen molar-refractivity contribution in [3.8, 4) is 0 Å². The van der Waals surface area contributed by atoms with E-state index in [0.29, 0.717) is 6.54 Å². The van der Waals surface area contributed by atoms with Crippen molar-refractivity contribution in [3.63, 3.8) is 0 Å². The topological polar surface area (TPSA) is 43.2 Å². The van der Waals surface area contributed by atoms with Crippen molar-refractivity contribution in [2.75, 3.05) is 23.5 Å². The largest absolute Gasteiger partial charge is 0.371 e. The summed E-state index contributed by atoms with van der Waals surface area (Å²) >= 11 is 11.2. The van der Waals surface area contributed by atoms with Crippen LogP contribution in [0.25, 0.3) is 0 Å². The van der Waals surface area contributed by atoms with Crippen molar-refractivity contribution in [3.05, 3.63) is 12.2 Å². The lowest BCUT2D eigenvalue weighted by Crippen LogP contribution is -2.14. The molecule has 0 radical (unpaired) electrons. The van der Waals surface area contributed by atoms with E-state index in [1.54, 1.807) is 27.8 Å². The monoisotopic (exact) mass is 331 g/mol. The molecule has 1 rings (SSSR count). The first-order valence-corrected chi connectivity index (χ1v) is 10.5. The van der Waals surface area contributed by atoms with E-state index in [-0.39, 0.29) is 11.2 Å². The van der Waals surface area contributed by atoms with E-state index in [2.05, 4.69) is 9.76 Å². The predicted molar refractivity (Wildman–Crippen MR) is 84.1 cm³/mol. The number of halogens is 2. The van der Waals surface area contributed by atoms with Crippen LogP contribution in [0.15, 0.2) is 12.2 Å². The van der Waals surface area contributed by atoms with Crippen molar-refractivity contribution < 1.29 is 4.57 Å². The molecule has 0 aromatic heterocycles. The molecule has 0 fully saturated rings. The summed E-state index contributed by atoms with van der Waals surface area (Å²) in [4.78, 5) is 0. The van der Waals surface area contributed by atoms with Crippen LogP contribution in [0, 0.1) is 0 Å². The van der Waals surface area contributed by atoms with Gasteiger partial charge in [0.15, 0.2) is 7.29 Å². The number of allylic oxidation sites excluding steroid dienone is 1. The second-order valence-electron chi connectivity index (χ2n) is 3.27. The van der Waals surface area contributed by atoms with Gasteiger partial charge in [0, 0.05) is 35.2 Å². The minimum absolute atomic E-state index is 0.0931. The van der Waals surface area contributed by atoms with Gasteiger partial charge in [-0.25, -0.2) is 0 Å². The number of nitrogens with one attached hydrogen (secondary N) is 1. The Morgan fingerprint density at radius 3 is 2.76 bits per heavy atom. The lowest BCUT2D eigenvalue weighted by atomic mass is 10.5. The highest BCUT2D eigenvalue weighted by atomic mass is 35.5. The maximum atomic E-state index is 11.8. The normalized spacial score (nSPS) is 14.4. The first kappa shape index (κ1) is 15.7. The Labute approximate surface area is 119 Å². The fourth-order valence-electron chi connectivity index (χ4n) is 0.967. The molecule has 0 aliphatic carbocycles. The van der Waals surface area contributed by atoms with Gasteiger partial charge in [0.05, 0.1) is 11.2 Å². The molecular formula is C9H14Cl2N2OPS2+. The zero-order valence-electron chi connectivity index (χ0n) is 9.14. The minimum Gasteiger partial charge on any atom is -0.304 e. The standard InChI is InChI=1S/C9H14Cl2N2OPS2/c10-7-15(14,8-11)13-5-2-6-16-17-9-3-1-4-12-9/h1,3-4H,2,5-8H2,(H,13,14)/q+1. The van der Waals surface area contributed by atoms with Gasteiger partial charge in [-0.2, -0.15) is 0 Å². The van der Waals surface area contributed by atoms with Crippen LogP contribution >= 0.6 is 52.1 Å². The Balaban J connectivity index is 2.03. The third-order valence-electron chi connectivity index (χ3n) is 1.86. The van der Waals surface area contributed by atoms with Crippen molar-refractivity contribution in [2.24, 2.45) is 0 Å². The number of alkyl halides is 2. The summed E-state index contributed by atoms with van der Waals surface area (Å²) in [5.74, 6) is 0.967. The predicted octanol–water partition coefficient (Wildman–Crippen LogP) is 3.12. The van der Waals surface area contributed by atoms with Gasteiger partial charge >= 0.3 is 5.04 Å². The van der Waals surface area contributed by atoms with Crippen molar-refractivity contribution in [1.82, 2.24) is 9.76 Å². The number of rotatable bonds is 8. The lowest BCUT2D eigenvalue weighted by Gasteiger charge is -2.13. The second-order valence-corrected chi connectivity index (χ2v) is 9.71. The summed E-state index contributed by atoms with van der Waals surface area (Å²) in [6.07, 6.45) is 6.60. The quantitative estimate of drug-likeness (QED) is 0.244. The molecule has 1 aliphatic rings. The maximum Gasteiger partial charge on any atom is 0.371 e. The van der Waals surface area contributed by atoms with Crippen LogP contribution in [0.1, 0.15) is 6.42 Å². The molecule has 1 N–H and O–H groups in total. The van der Waals surface area contributed by atoms with Crippen LogP contribution in [-0.2, 0) is 4.57 Å². The van der Waals surface area contributed by atoms with Crippen LogP contribution in [0.4, 0.5) is 0 Å². The van der Waals surface area contributed by atoms with E-state index < -0.39 is 7.29 Å². The maximum absolute atomic E-state index is 11.8. The zero-order chi connectivity index (χ0) is 12.6. The van der Waals surface area contributed by atoms with Crippen LogP contribution in [0.5, 0.6) is 0 Å². The molecule has 8 heteroatoms. The van der Waals surface area contributed by atoms with Gasteiger partial charge in [0.25, 0.3) is 6.21 Å². The van der Waals surface area contributed by atoms with Gasteiger partial charge in [-0.1, -0.05) is 15.5 Å². The molecule has 0 saturated carbocycles. The van der Waals surface area contributed by atoms with Crippen molar-refractivity contribution in [1.29, 1.82) is 0 Å². The molecule has 0 aromatic rings. The average Bonchev–Trinajstić information content (AvgIpc) is 2.86. The van der Waals surface area contributed by atoms with E-state index >= 15 is 0 Å². The molecule has 17 heavy (non-hydrogen) atoms. The molecule has 3 nitrogen and oxygen atoms in total. The van der Waals surface area contributed by atoms with Gasteiger partial charge in [0.1, 0.15) is 0 Å². The molecule has 96 valence electrons. The minimum atomic E-state index is -2.53. The fourth-order valence-corrected chi connectivity index (χ4v) is 5.00. The Bertz CT molecular complexity index is 375. The highest BCUT2D eigenvalue weighted by Gasteiger charge is 2.17. The first-order chi connectivity index (χ1) is 8.20. The number of hydrogen-bond acceptors (Lipinski definition) is 3. The SMILES string of the molecule is O=P(CCl)(CCl)NCCCSSC1=[N+]=CC=C1. The molecule has 0 atom stereocenters. The van der Waals surface area contributed by atoms with Gasteiger partial charge in [-0.3, -0.25) is 5.09 Å². The summed E-state index contributed by atoms with van der Waals surface area (Å²) in [6.45, 7) is 0.679. The van der Waals surface area contributed by atoms with E-state index in [1.165, 1.54) is 0 Å². The Morgan fingerprint density at radius 2 is 2.18 bits per heavy atom. The number of hydrogen-bond donors (Lipinski definition) is 1. The fraction of sp³-hybridized carbons (Fsp3) is 0.556. The summed E-state index contributed by atoms with van der Waals surface area (Å²) in [5.41, 5.74) is 0.186. The Hall–Kier alpha value is 0.660. The molecule has 1 heterocycles. The van der Waals surface area contributed by atoms with Gasteiger partial charge in [-0.15, -0.1) is 23.2 Å². The second kappa shape index (κ2) is 8.71. The molecule has 0 unspecified atom stereocenters. The summed E-state index contributed by atoms with van der Waals surface area (Å²) in [6, 6.07) is 0. The molecule has 1 aliphatic heterocycles. The van der Waals surface area contributed by atoms with Crippen LogP contribution < -0.4 is 9.76 Å². The molecule has 0 saturated heterocycles. The molecule has 0 amide bonds. The van der Waals surface area contributed by atoms with E-state index in [0.717, 1.165) is 17.2 Å². The van der Waals surface area contributed by atoms with Crippen LogP contribution in [0.2, 0.25) is 0 Å². The van der Waals surface area contributed by atoms with Crippen LogP contribution in [-0.4, -0.2) is 34.8 Å². The molecule has 0 spiro atoms. The summed E-state index contributed by atoms with van der Waals surface area (Å²) in [7, 11) is 0.863. The smallest absolute Gasteiger partial charge is 0.304 e. The lowest BCUT2D eigenvalue weighted by molar-refractivity contribution is 0.570. The van der Waals surface area contributed by atoms with E-state index in [4.69, 9.17) is 23.2 Å². The molecule has 0 bridgehead atoms. The van der Waals surface area contributed by atoms with Crippen LogP contribution in [0.3, 0.4) is 0 Å². The van der Waals surface area contributed by atoms with E-state index in [9.17, 15) is 4.57 Å². The van der Waals surface area contributed by atoms with Crippen molar-refractivity contribution >= 4 is 63.3 Å². The Morgan fingerprint density at radius 1 is 1.41 bits per heavy atom. The van der Waals surface area contributed by atoms with Gasteiger partial charge in [-0.05, 0) is 6.42 Å². The third kappa shape index (κ3) is 6.40. The summed E-state index contributed by atoms with van der Waals surface area (Å²) < 4.78 is 15.9.